The number of aryl methyl sites for hydroxylation is 1. The van der Waals surface area contributed by atoms with Crippen LogP contribution in [0.1, 0.15) is 21.6 Å². The maximum Gasteiger partial charge on any atom is 0.255 e. The fourth-order valence-corrected chi connectivity index (χ4v) is 3.83. The molecule has 0 aliphatic carbocycles. The van der Waals surface area contributed by atoms with Crippen LogP contribution in [0.25, 0.3) is 11.3 Å². The summed E-state index contributed by atoms with van der Waals surface area (Å²) in [5.74, 6) is 0.945. The topological polar surface area (TPSA) is 45.7 Å². The molecule has 30 heavy (non-hydrogen) atoms. The molecule has 1 saturated heterocycles. The number of ether oxygens (including phenoxy) is 1. The molecule has 0 saturated carbocycles. The summed E-state index contributed by atoms with van der Waals surface area (Å²) in [6.07, 6.45) is 0. The van der Waals surface area contributed by atoms with Crippen molar-refractivity contribution in [3.63, 3.8) is 0 Å². The van der Waals surface area contributed by atoms with Crippen LogP contribution in [0.4, 0.5) is 0 Å². The molecule has 1 aliphatic heterocycles. The molecule has 3 aromatic rings. The number of piperazine rings is 1. The van der Waals surface area contributed by atoms with Crippen molar-refractivity contribution >= 4 is 5.91 Å². The van der Waals surface area contributed by atoms with Crippen molar-refractivity contribution < 1.29 is 9.53 Å². The van der Waals surface area contributed by atoms with Crippen molar-refractivity contribution in [1.29, 1.82) is 0 Å². The zero-order valence-electron chi connectivity index (χ0n) is 17.5. The molecule has 0 atom stereocenters. The molecule has 0 spiro atoms. The molecule has 1 fully saturated rings. The standard InChI is InChI=1S/C25H27N3O2/c1-19-23(12-13-24(26-19)21-6-4-3-5-7-21)25(29)28-16-14-27(15-17-28)18-20-8-10-22(30-2)11-9-20/h3-13H,14-18H2,1-2H3. The number of hydrogen-bond acceptors (Lipinski definition) is 4. The van der Waals surface area contributed by atoms with Gasteiger partial charge < -0.3 is 9.64 Å². The summed E-state index contributed by atoms with van der Waals surface area (Å²) in [6, 6.07) is 22.1. The summed E-state index contributed by atoms with van der Waals surface area (Å²) < 4.78 is 5.22. The molecule has 154 valence electrons. The number of amides is 1. The average Bonchev–Trinajstić information content (AvgIpc) is 2.80. The van der Waals surface area contributed by atoms with Gasteiger partial charge in [0.1, 0.15) is 5.75 Å². The maximum absolute atomic E-state index is 13.1. The smallest absolute Gasteiger partial charge is 0.255 e. The van der Waals surface area contributed by atoms with Gasteiger partial charge in [-0.3, -0.25) is 14.7 Å². The van der Waals surface area contributed by atoms with E-state index in [2.05, 4.69) is 22.0 Å². The lowest BCUT2D eigenvalue weighted by Gasteiger charge is -2.35. The van der Waals surface area contributed by atoms with Gasteiger partial charge in [0, 0.05) is 38.3 Å². The third-order valence-electron chi connectivity index (χ3n) is 5.61. The van der Waals surface area contributed by atoms with Crippen molar-refractivity contribution in [2.45, 2.75) is 13.5 Å². The van der Waals surface area contributed by atoms with Gasteiger partial charge in [-0.05, 0) is 36.8 Å². The van der Waals surface area contributed by atoms with Crippen LogP contribution in [0.3, 0.4) is 0 Å². The molecular weight excluding hydrogens is 374 g/mol. The minimum atomic E-state index is 0.0729. The summed E-state index contributed by atoms with van der Waals surface area (Å²) in [6.45, 7) is 6.00. The quantitative estimate of drug-likeness (QED) is 0.648. The predicted octanol–water partition coefficient (Wildman–Crippen LogP) is 4.02. The second kappa shape index (κ2) is 9.09. The van der Waals surface area contributed by atoms with Gasteiger partial charge in [0.15, 0.2) is 0 Å². The molecule has 0 N–H and O–H groups in total. The predicted molar refractivity (Wildman–Crippen MR) is 119 cm³/mol. The number of benzene rings is 2. The van der Waals surface area contributed by atoms with E-state index in [1.807, 2.05) is 66.4 Å². The van der Waals surface area contributed by atoms with Crippen LogP contribution in [0, 0.1) is 6.92 Å². The van der Waals surface area contributed by atoms with Crippen LogP contribution in [0.2, 0.25) is 0 Å². The Labute approximate surface area is 177 Å². The van der Waals surface area contributed by atoms with Crippen molar-refractivity contribution in [3.05, 3.63) is 83.6 Å². The van der Waals surface area contributed by atoms with Crippen molar-refractivity contribution in [1.82, 2.24) is 14.8 Å². The number of rotatable bonds is 5. The van der Waals surface area contributed by atoms with Gasteiger partial charge in [-0.15, -0.1) is 0 Å². The lowest BCUT2D eigenvalue weighted by atomic mass is 10.1. The van der Waals surface area contributed by atoms with Crippen LogP contribution in [0.5, 0.6) is 5.75 Å². The lowest BCUT2D eigenvalue weighted by Crippen LogP contribution is -2.48. The highest BCUT2D eigenvalue weighted by atomic mass is 16.5. The molecule has 1 aliphatic rings. The zero-order valence-corrected chi connectivity index (χ0v) is 17.5. The monoisotopic (exact) mass is 401 g/mol. The summed E-state index contributed by atoms with van der Waals surface area (Å²) in [4.78, 5) is 22.1. The Balaban J connectivity index is 1.37. The Hall–Kier alpha value is -3.18. The van der Waals surface area contributed by atoms with E-state index in [0.717, 1.165) is 55.4 Å². The Morgan fingerprint density at radius 3 is 2.27 bits per heavy atom. The van der Waals surface area contributed by atoms with Crippen LogP contribution in [-0.4, -0.2) is 54.0 Å². The maximum atomic E-state index is 13.1. The Kier molecular flexibility index (Phi) is 6.10. The summed E-state index contributed by atoms with van der Waals surface area (Å²) >= 11 is 0. The number of aromatic nitrogens is 1. The Morgan fingerprint density at radius 2 is 1.63 bits per heavy atom. The molecule has 4 rings (SSSR count). The molecule has 2 heterocycles. The number of carbonyl (C=O) groups is 1. The number of carbonyl (C=O) groups excluding carboxylic acids is 1. The lowest BCUT2D eigenvalue weighted by molar-refractivity contribution is 0.0627. The van der Waals surface area contributed by atoms with E-state index in [1.54, 1.807) is 7.11 Å². The van der Waals surface area contributed by atoms with Crippen LogP contribution in [-0.2, 0) is 6.54 Å². The highest BCUT2D eigenvalue weighted by molar-refractivity contribution is 5.95. The van der Waals surface area contributed by atoms with E-state index >= 15 is 0 Å². The molecular formula is C25H27N3O2. The Bertz CT molecular complexity index is 995. The second-order valence-corrected chi connectivity index (χ2v) is 7.61. The van der Waals surface area contributed by atoms with Gasteiger partial charge in [-0.1, -0.05) is 42.5 Å². The SMILES string of the molecule is COc1ccc(CN2CCN(C(=O)c3ccc(-c4ccccc4)nc3C)CC2)cc1. The molecule has 0 unspecified atom stereocenters. The fourth-order valence-electron chi connectivity index (χ4n) is 3.83. The molecule has 2 aromatic carbocycles. The summed E-state index contributed by atoms with van der Waals surface area (Å²) in [5.41, 5.74) is 4.69. The Morgan fingerprint density at radius 1 is 0.933 bits per heavy atom. The van der Waals surface area contributed by atoms with E-state index in [0.29, 0.717) is 5.56 Å². The van der Waals surface area contributed by atoms with Gasteiger partial charge in [-0.25, -0.2) is 0 Å². The number of pyridine rings is 1. The van der Waals surface area contributed by atoms with Crippen molar-refractivity contribution in [3.8, 4) is 17.0 Å². The molecule has 5 heteroatoms. The van der Waals surface area contributed by atoms with E-state index < -0.39 is 0 Å². The number of methoxy groups -OCH3 is 1. The first kappa shape index (κ1) is 20.1. The first-order chi connectivity index (χ1) is 14.6. The van der Waals surface area contributed by atoms with Gasteiger partial charge in [-0.2, -0.15) is 0 Å². The highest BCUT2D eigenvalue weighted by Crippen LogP contribution is 2.20. The highest BCUT2D eigenvalue weighted by Gasteiger charge is 2.23. The molecule has 1 amide bonds. The minimum absolute atomic E-state index is 0.0729. The van der Waals surface area contributed by atoms with Crippen LogP contribution < -0.4 is 4.74 Å². The molecule has 0 radical (unpaired) electrons. The van der Waals surface area contributed by atoms with Gasteiger partial charge in [0.25, 0.3) is 5.91 Å². The van der Waals surface area contributed by atoms with Gasteiger partial charge >= 0.3 is 0 Å². The second-order valence-electron chi connectivity index (χ2n) is 7.61. The molecule has 1 aromatic heterocycles. The normalized spacial score (nSPS) is 14.5. The van der Waals surface area contributed by atoms with E-state index in [-0.39, 0.29) is 5.91 Å². The van der Waals surface area contributed by atoms with Crippen LogP contribution in [0.15, 0.2) is 66.7 Å². The fraction of sp³-hybridized carbons (Fsp3) is 0.280. The average molecular weight is 402 g/mol. The minimum Gasteiger partial charge on any atom is -0.497 e. The largest absolute Gasteiger partial charge is 0.497 e. The summed E-state index contributed by atoms with van der Waals surface area (Å²) in [5, 5.41) is 0. The number of hydrogen-bond donors (Lipinski definition) is 0. The van der Waals surface area contributed by atoms with Crippen molar-refractivity contribution in [2.24, 2.45) is 0 Å². The van der Waals surface area contributed by atoms with Gasteiger partial charge in [0.2, 0.25) is 0 Å². The van der Waals surface area contributed by atoms with Crippen LogP contribution >= 0.6 is 0 Å². The zero-order chi connectivity index (χ0) is 20.9. The third kappa shape index (κ3) is 4.52. The molecule has 0 bridgehead atoms. The van der Waals surface area contributed by atoms with E-state index in [9.17, 15) is 4.79 Å². The number of nitrogens with zero attached hydrogens (tertiary/aromatic N) is 3. The third-order valence-corrected chi connectivity index (χ3v) is 5.61. The van der Waals surface area contributed by atoms with E-state index in [1.165, 1.54) is 5.56 Å². The summed E-state index contributed by atoms with van der Waals surface area (Å²) in [7, 11) is 1.68. The first-order valence-electron chi connectivity index (χ1n) is 10.3. The van der Waals surface area contributed by atoms with E-state index in [4.69, 9.17) is 4.74 Å². The van der Waals surface area contributed by atoms with Crippen molar-refractivity contribution in [2.75, 3.05) is 33.3 Å². The van der Waals surface area contributed by atoms with Gasteiger partial charge in [0.05, 0.1) is 24.1 Å². The first-order valence-corrected chi connectivity index (χ1v) is 10.3. The molecule has 5 nitrogen and oxygen atoms in total.